The summed E-state index contributed by atoms with van der Waals surface area (Å²) in [5.74, 6) is 0.348. The van der Waals surface area contributed by atoms with Crippen LogP contribution in [-0.4, -0.2) is 45.0 Å². The minimum absolute atomic E-state index is 0.0261. The smallest absolute Gasteiger partial charge is 0.214 e. The Kier molecular flexibility index (Phi) is 6.28. The van der Waals surface area contributed by atoms with Gasteiger partial charge in [-0.2, -0.15) is 0 Å². The zero-order valence-corrected chi connectivity index (χ0v) is 14.5. The van der Waals surface area contributed by atoms with Crippen molar-refractivity contribution in [1.29, 1.82) is 0 Å². The van der Waals surface area contributed by atoms with Crippen molar-refractivity contribution in [2.45, 2.75) is 44.4 Å². The van der Waals surface area contributed by atoms with E-state index in [0.717, 1.165) is 6.42 Å². The lowest BCUT2D eigenvalue weighted by molar-refractivity contribution is 0.480. The normalized spacial score (nSPS) is 22.5. The lowest BCUT2D eigenvalue weighted by Gasteiger charge is -2.25. The monoisotopic (exact) mass is 375 g/mol. The molecule has 0 amide bonds. The van der Waals surface area contributed by atoms with E-state index >= 15 is 0 Å². The topological polar surface area (TPSA) is 80.3 Å². The molecule has 1 fully saturated rings. The van der Waals surface area contributed by atoms with E-state index in [9.17, 15) is 16.8 Å². The molecule has 5 nitrogen and oxygen atoms in total. The molecule has 1 aliphatic rings. The number of alkyl halides is 1. The second-order valence-electron chi connectivity index (χ2n) is 5.49. The van der Waals surface area contributed by atoms with Crippen molar-refractivity contribution in [2.75, 3.05) is 16.8 Å². The number of halogens is 1. The second-order valence-corrected chi connectivity index (χ2v) is 10.4. The molecule has 1 saturated heterocycles. The standard InChI is InChI=1S/C11H22BrNO4S2/c1-9(2)7-10(8-12)13-19(16,17)11-3-5-18(14,15)6-4-11/h9-11,13H,3-8H2,1-2H3. The minimum atomic E-state index is -3.43. The van der Waals surface area contributed by atoms with Gasteiger partial charge in [0, 0.05) is 11.4 Å². The van der Waals surface area contributed by atoms with Crippen LogP contribution in [0.4, 0.5) is 0 Å². The molecule has 0 aromatic heterocycles. The Morgan fingerprint density at radius 2 is 1.79 bits per heavy atom. The highest BCUT2D eigenvalue weighted by Crippen LogP contribution is 2.20. The summed E-state index contributed by atoms with van der Waals surface area (Å²) in [5.41, 5.74) is 0. The lowest BCUT2D eigenvalue weighted by Crippen LogP contribution is -2.45. The number of sulfone groups is 1. The van der Waals surface area contributed by atoms with E-state index in [1.807, 2.05) is 13.8 Å². The van der Waals surface area contributed by atoms with Crippen LogP contribution in [0.25, 0.3) is 0 Å². The fourth-order valence-corrected chi connectivity index (χ4v) is 6.34. The minimum Gasteiger partial charge on any atom is -0.229 e. The van der Waals surface area contributed by atoms with Crippen LogP contribution < -0.4 is 4.72 Å². The SMILES string of the molecule is CC(C)CC(CBr)NS(=O)(=O)C1CCS(=O)(=O)CC1. The lowest BCUT2D eigenvalue weighted by atomic mass is 10.1. The molecule has 1 aliphatic heterocycles. The van der Waals surface area contributed by atoms with Gasteiger partial charge in [-0.15, -0.1) is 0 Å². The van der Waals surface area contributed by atoms with Crippen molar-refractivity contribution in [2.24, 2.45) is 5.92 Å². The molecule has 1 rings (SSSR count). The van der Waals surface area contributed by atoms with Gasteiger partial charge in [-0.25, -0.2) is 21.6 Å². The van der Waals surface area contributed by atoms with E-state index in [0.29, 0.717) is 11.2 Å². The molecule has 0 aromatic carbocycles. The molecule has 0 bridgehead atoms. The molecule has 1 unspecified atom stereocenters. The number of hydrogen-bond acceptors (Lipinski definition) is 4. The first-order valence-electron chi connectivity index (χ1n) is 6.44. The Hall–Kier alpha value is 0.340. The Morgan fingerprint density at radius 3 is 2.21 bits per heavy atom. The molecular weight excluding hydrogens is 354 g/mol. The highest BCUT2D eigenvalue weighted by Gasteiger charge is 2.33. The molecule has 19 heavy (non-hydrogen) atoms. The number of sulfonamides is 1. The molecule has 0 aromatic rings. The largest absolute Gasteiger partial charge is 0.229 e. The van der Waals surface area contributed by atoms with Crippen molar-refractivity contribution in [3.8, 4) is 0 Å². The summed E-state index contributed by atoms with van der Waals surface area (Å²) < 4.78 is 49.8. The van der Waals surface area contributed by atoms with Crippen LogP contribution in [0.1, 0.15) is 33.1 Å². The van der Waals surface area contributed by atoms with Crippen LogP contribution in [0.15, 0.2) is 0 Å². The van der Waals surface area contributed by atoms with Crippen molar-refractivity contribution < 1.29 is 16.8 Å². The first kappa shape index (κ1) is 17.4. The Balaban J connectivity index is 2.65. The van der Waals surface area contributed by atoms with Gasteiger partial charge in [-0.05, 0) is 25.2 Å². The maximum Gasteiger partial charge on any atom is 0.214 e. The van der Waals surface area contributed by atoms with Crippen LogP contribution in [0.5, 0.6) is 0 Å². The fourth-order valence-electron chi connectivity index (χ4n) is 2.22. The van der Waals surface area contributed by atoms with Gasteiger partial charge < -0.3 is 0 Å². The molecule has 0 radical (unpaired) electrons. The van der Waals surface area contributed by atoms with Gasteiger partial charge in [0.1, 0.15) is 9.84 Å². The summed E-state index contributed by atoms with van der Waals surface area (Å²) in [4.78, 5) is 0. The number of nitrogens with one attached hydrogen (secondary N) is 1. The van der Waals surface area contributed by atoms with Crippen molar-refractivity contribution in [1.82, 2.24) is 4.72 Å². The van der Waals surface area contributed by atoms with Gasteiger partial charge in [0.05, 0.1) is 16.8 Å². The van der Waals surface area contributed by atoms with Crippen LogP contribution in [0, 0.1) is 5.92 Å². The maximum atomic E-state index is 12.2. The highest BCUT2D eigenvalue weighted by molar-refractivity contribution is 9.09. The zero-order chi connectivity index (χ0) is 14.7. The molecule has 1 heterocycles. The van der Waals surface area contributed by atoms with Crippen LogP contribution >= 0.6 is 15.9 Å². The summed E-state index contributed by atoms with van der Waals surface area (Å²) in [6, 6.07) is -0.136. The van der Waals surface area contributed by atoms with Crippen molar-refractivity contribution >= 4 is 35.8 Å². The van der Waals surface area contributed by atoms with Gasteiger partial charge in [0.2, 0.25) is 10.0 Å². The summed E-state index contributed by atoms with van der Waals surface area (Å²) in [6.45, 7) is 4.08. The third kappa shape index (κ3) is 5.69. The molecule has 114 valence electrons. The Morgan fingerprint density at radius 1 is 1.26 bits per heavy atom. The highest BCUT2D eigenvalue weighted by atomic mass is 79.9. The molecule has 0 spiro atoms. The number of hydrogen-bond donors (Lipinski definition) is 1. The Labute approximate surface area is 124 Å². The third-order valence-electron chi connectivity index (χ3n) is 3.21. The van der Waals surface area contributed by atoms with Crippen molar-refractivity contribution in [3.05, 3.63) is 0 Å². The van der Waals surface area contributed by atoms with Crippen molar-refractivity contribution in [3.63, 3.8) is 0 Å². The van der Waals surface area contributed by atoms with E-state index in [1.165, 1.54) is 0 Å². The van der Waals surface area contributed by atoms with E-state index in [1.54, 1.807) is 0 Å². The predicted octanol–water partition coefficient (Wildman–Crippen LogP) is 1.29. The number of rotatable bonds is 6. The predicted molar refractivity (Wildman–Crippen MR) is 80.8 cm³/mol. The van der Waals surface area contributed by atoms with E-state index in [2.05, 4.69) is 20.7 Å². The van der Waals surface area contributed by atoms with E-state index < -0.39 is 25.1 Å². The van der Waals surface area contributed by atoms with E-state index in [4.69, 9.17) is 0 Å². The first-order valence-corrected chi connectivity index (χ1v) is 10.9. The van der Waals surface area contributed by atoms with Gasteiger partial charge in [0.15, 0.2) is 0 Å². The van der Waals surface area contributed by atoms with Gasteiger partial charge in [-0.1, -0.05) is 29.8 Å². The third-order valence-corrected chi connectivity index (χ3v) is 7.72. The molecular formula is C11H22BrNO4S2. The molecule has 0 saturated carbocycles. The summed E-state index contributed by atoms with van der Waals surface area (Å²) in [6.07, 6.45) is 1.16. The van der Waals surface area contributed by atoms with E-state index in [-0.39, 0.29) is 30.4 Å². The summed E-state index contributed by atoms with van der Waals surface area (Å²) in [7, 11) is -6.47. The maximum absolute atomic E-state index is 12.2. The van der Waals surface area contributed by atoms with Crippen LogP contribution in [0.2, 0.25) is 0 Å². The summed E-state index contributed by atoms with van der Waals surface area (Å²) >= 11 is 3.32. The van der Waals surface area contributed by atoms with Gasteiger partial charge >= 0.3 is 0 Å². The summed E-state index contributed by atoms with van der Waals surface area (Å²) in [5, 5.41) is -0.0140. The zero-order valence-electron chi connectivity index (χ0n) is 11.3. The molecule has 0 aliphatic carbocycles. The fraction of sp³-hybridized carbons (Fsp3) is 1.00. The van der Waals surface area contributed by atoms with Crippen LogP contribution in [-0.2, 0) is 19.9 Å². The Bertz CT molecular complexity index is 473. The second kappa shape index (κ2) is 6.87. The molecule has 8 heteroatoms. The quantitative estimate of drug-likeness (QED) is 0.709. The van der Waals surface area contributed by atoms with Crippen LogP contribution in [0.3, 0.4) is 0 Å². The molecule has 1 atom stereocenters. The average molecular weight is 376 g/mol. The molecule has 1 N–H and O–H groups in total. The van der Waals surface area contributed by atoms with Gasteiger partial charge in [0.25, 0.3) is 0 Å². The van der Waals surface area contributed by atoms with Gasteiger partial charge in [-0.3, -0.25) is 0 Å². The first-order chi connectivity index (χ1) is 8.66. The average Bonchev–Trinajstić information content (AvgIpc) is 2.26.